The molecule has 0 spiro atoms. The minimum atomic E-state index is 0. The summed E-state index contributed by atoms with van der Waals surface area (Å²) in [6, 6.07) is 0. The van der Waals surface area contributed by atoms with E-state index in [0.29, 0.717) is 12.3 Å². The summed E-state index contributed by atoms with van der Waals surface area (Å²) in [7, 11) is 0. The molecular weight excluding hydrogens is 338 g/mol. The molecule has 0 unspecified atom stereocenters. The Morgan fingerprint density at radius 1 is 1.08 bits per heavy atom. The van der Waals surface area contributed by atoms with E-state index in [2.05, 4.69) is 17.6 Å². The molecule has 2 rings (SSSR count). The fourth-order valence-electron chi connectivity index (χ4n) is 3.78. The summed E-state index contributed by atoms with van der Waals surface area (Å²) in [6.07, 6.45) is 9.16. The molecule has 0 aromatic rings. The highest BCUT2D eigenvalue weighted by Crippen LogP contribution is 2.21. The minimum absolute atomic E-state index is 0. The van der Waals surface area contributed by atoms with Gasteiger partial charge in [-0.1, -0.05) is 19.8 Å². The van der Waals surface area contributed by atoms with Crippen molar-refractivity contribution >= 4 is 24.2 Å². The molecule has 0 aromatic heterocycles. The third-order valence-electron chi connectivity index (χ3n) is 5.52. The number of halogens is 1. The standard InChI is InChI=1S/C19H35N3O2.ClH/c1-2-3-4-11-21-19(24)17-9-14-22(15-10-17)18(23)6-5-16-7-12-20-13-8-16;/h16-17,20H,2-15H2,1H3,(H,21,24);1H. The topological polar surface area (TPSA) is 61.4 Å². The molecule has 2 N–H and O–H groups in total. The lowest BCUT2D eigenvalue weighted by Crippen LogP contribution is -2.43. The van der Waals surface area contributed by atoms with E-state index in [-0.39, 0.29) is 30.1 Å². The summed E-state index contributed by atoms with van der Waals surface area (Å²) in [5.41, 5.74) is 0. The lowest BCUT2D eigenvalue weighted by Gasteiger charge is -2.32. The molecule has 146 valence electrons. The van der Waals surface area contributed by atoms with Crippen LogP contribution in [0.2, 0.25) is 0 Å². The van der Waals surface area contributed by atoms with Gasteiger partial charge in [-0.2, -0.15) is 0 Å². The van der Waals surface area contributed by atoms with Gasteiger partial charge in [0, 0.05) is 32.0 Å². The number of rotatable bonds is 8. The molecule has 0 aliphatic carbocycles. The van der Waals surface area contributed by atoms with E-state index in [1.165, 1.54) is 25.7 Å². The van der Waals surface area contributed by atoms with Crippen molar-refractivity contribution in [2.45, 2.75) is 64.7 Å². The van der Waals surface area contributed by atoms with Gasteiger partial charge in [-0.15, -0.1) is 12.4 Å². The van der Waals surface area contributed by atoms with E-state index in [1.54, 1.807) is 0 Å². The number of nitrogens with zero attached hydrogens (tertiary/aromatic N) is 1. The Morgan fingerprint density at radius 3 is 2.40 bits per heavy atom. The molecular formula is C19H36ClN3O2. The van der Waals surface area contributed by atoms with E-state index < -0.39 is 0 Å². The molecule has 0 radical (unpaired) electrons. The zero-order valence-electron chi connectivity index (χ0n) is 15.7. The molecule has 2 saturated heterocycles. The highest BCUT2D eigenvalue weighted by atomic mass is 35.5. The van der Waals surface area contributed by atoms with Crippen molar-refractivity contribution in [3.63, 3.8) is 0 Å². The van der Waals surface area contributed by atoms with Gasteiger partial charge in [0.2, 0.25) is 11.8 Å². The lowest BCUT2D eigenvalue weighted by atomic mass is 9.92. The van der Waals surface area contributed by atoms with Crippen molar-refractivity contribution in [1.29, 1.82) is 0 Å². The van der Waals surface area contributed by atoms with Crippen molar-refractivity contribution in [1.82, 2.24) is 15.5 Å². The molecule has 5 nitrogen and oxygen atoms in total. The molecule has 2 aliphatic rings. The van der Waals surface area contributed by atoms with Crippen LogP contribution in [0, 0.1) is 11.8 Å². The van der Waals surface area contributed by atoms with Gasteiger partial charge in [-0.05, 0) is 57.5 Å². The van der Waals surface area contributed by atoms with E-state index in [1.807, 2.05) is 4.90 Å². The Labute approximate surface area is 159 Å². The second-order valence-electron chi connectivity index (χ2n) is 7.39. The summed E-state index contributed by atoms with van der Waals surface area (Å²) in [5.74, 6) is 1.28. The first-order valence-electron chi connectivity index (χ1n) is 9.97. The first-order valence-corrected chi connectivity index (χ1v) is 9.97. The summed E-state index contributed by atoms with van der Waals surface area (Å²) < 4.78 is 0. The smallest absolute Gasteiger partial charge is 0.223 e. The van der Waals surface area contributed by atoms with Crippen molar-refractivity contribution in [3.8, 4) is 0 Å². The van der Waals surface area contributed by atoms with Crippen molar-refractivity contribution < 1.29 is 9.59 Å². The molecule has 6 heteroatoms. The zero-order chi connectivity index (χ0) is 17.2. The summed E-state index contributed by atoms with van der Waals surface area (Å²) in [5, 5.41) is 6.42. The van der Waals surface area contributed by atoms with Crippen LogP contribution in [0.1, 0.15) is 64.7 Å². The average Bonchev–Trinajstić information content (AvgIpc) is 2.64. The monoisotopic (exact) mass is 373 g/mol. The maximum Gasteiger partial charge on any atom is 0.223 e. The predicted molar refractivity (Wildman–Crippen MR) is 104 cm³/mol. The fraction of sp³-hybridized carbons (Fsp3) is 0.895. The van der Waals surface area contributed by atoms with Gasteiger partial charge in [-0.3, -0.25) is 9.59 Å². The van der Waals surface area contributed by atoms with Gasteiger partial charge in [0.1, 0.15) is 0 Å². The highest BCUT2D eigenvalue weighted by molar-refractivity contribution is 5.85. The zero-order valence-corrected chi connectivity index (χ0v) is 16.5. The van der Waals surface area contributed by atoms with Crippen molar-refractivity contribution in [2.75, 3.05) is 32.7 Å². The van der Waals surface area contributed by atoms with E-state index in [0.717, 1.165) is 58.4 Å². The summed E-state index contributed by atoms with van der Waals surface area (Å²) in [4.78, 5) is 26.5. The highest BCUT2D eigenvalue weighted by Gasteiger charge is 2.27. The predicted octanol–water partition coefficient (Wildman–Crippen LogP) is 2.73. The van der Waals surface area contributed by atoms with Crippen LogP contribution in [0.4, 0.5) is 0 Å². The number of hydrogen-bond acceptors (Lipinski definition) is 3. The van der Waals surface area contributed by atoms with Gasteiger partial charge >= 0.3 is 0 Å². The van der Waals surface area contributed by atoms with Crippen molar-refractivity contribution in [3.05, 3.63) is 0 Å². The summed E-state index contributed by atoms with van der Waals surface area (Å²) >= 11 is 0. The van der Waals surface area contributed by atoms with Gasteiger partial charge in [-0.25, -0.2) is 0 Å². The average molecular weight is 374 g/mol. The largest absolute Gasteiger partial charge is 0.356 e. The molecule has 0 atom stereocenters. The first kappa shape index (κ1) is 22.2. The van der Waals surface area contributed by atoms with Crippen LogP contribution in [-0.2, 0) is 9.59 Å². The molecule has 0 bridgehead atoms. The van der Waals surface area contributed by atoms with E-state index in [9.17, 15) is 9.59 Å². The maximum absolute atomic E-state index is 12.4. The third-order valence-corrected chi connectivity index (χ3v) is 5.52. The molecule has 0 saturated carbocycles. The number of carbonyl (C=O) groups is 2. The van der Waals surface area contributed by atoms with Gasteiger partial charge in [0.15, 0.2) is 0 Å². The number of nitrogens with one attached hydrogen (secondary N) is 2. The minimum Gasteiger partial charge on any atom is -0.356 e. The number of unbranched alkanes of at least 4 members (excludes halogenated alkanes) is 2. The number of amides is 2. The molecule has 2 aliphatic heterocycles. The van der Waals surface area contributed by atoms with Gasteiger partial charge in [0.05, 0.1) is 0 Å². The number of likely N-dealkylation sites (tertiary alicyclic amines) is 1. The van der Waals surface area contributed by atoms with E-state index in [4.69, 9.17) is 0 Å². The molecule has 0 aromatic carbocycles. The maximum atomic E-state index is 12.4. The molecule has 2 heterocycles. The second-order valence-corrected chi connectivity index (χ2v) is 7.39. The normalized spacial score (nSPS) is 19.3. The van der Waals surface area contributed by atoms with E-state index >= 15 is 0 Å². The molecule has 2 fully saturated rings. The Kier molecular flexibility index (Phi) is 11.1. The Balaban J connectivity index is 0.00000312. The Hall–Kier alpha value is -0.810. The first-order chi connectivity index (χ1) is 11.7. The summed E-state index contributed by atoms with van der Waals surface area (Å²) in [6.45, 7) is 6.65. The van der Waals surface area contributed by atoms with Gasteiger partial charge in [0.25, 0.3) is 0 Å². The third kappa shape index (κ3) is 7.95. The fourth-order valence-corrected chi connectivity index (χ4v) is 3.78. The van der Waals surface area contributed by atoms with Crippen LogP contribution in [0.25, 0.3) is 0 Å². The van der Waals surface area contributed by atoms with Crippen LogP contribution in [-0.4, -0.2) is 49.4 Å². The van der Waals surface area contributed by atoms with Crippen LogP contribution >= 0.6 is 12.4 Å². The quantitative estimate of drug-likeness (QED) is 0.643. The number of piperidine rings is 2. The Bertz CT molecular complexity index is 392. The lowest BCUT2D eigenvalue weighted by molar-refractivity contribution is -0.135. The van der Waals surface area contributed by atoms with Crippen LogP contribution in [0.3, 0.4) is 0 Å². The van der Waals surface area contributed by atoms with Crippen LogP contribution < -0.4 is 10.6 Å². The Morgan fingerprint density at radius 2 is 1.76 bits per heavy atom. The van der Waals surface area contributed by atoms with Crippen LogP contribution in [0.5, 0.6) is 0 Å². The SMILES string of the molecule is CCCCCNC(=O)C1CCN(C(=O)CCC2CCNCC2)CC1.Cl. The van der Waals surface area contributed by atoms with Gasteiger partial charge < -0.3 is 15.5 Å². The van der Waals surface area contributed by atoms with Crippen LogP contribution in [0.15, 0.2) is 0 Å². The molecule has 2 amide bonds. The second kappa shape index (κ2) is 12.5. The molecule has 25 heavy (non-hydrogen) atoms. The van der Waals surface area contributed by atoms with Crippen molar-refractivity contribution in [2.24, 2.45) is 11.8 Å². The number of carbonyl (C=O) groups excluding carboxylic acids is 2. The number of hydrogen-bond donors (Lipinski definition) is 2.